The van der Waals surface area contributed by atoms with E-state index in [-0.39, 0.29) is 5.82 Å². The Balaban J connectivity index is 3.17. The summed E-state index contributed by atoms with van der Waals surface area (Å²) in [4.78, 5) is 0. The van der Waals surface area contributed by atoms with Crippen LogP contribution >= 0.6 is 11.6 Å². The Bertz CT molecular complexity index is 224. The van der Waals surface area contributed by atoms with Crippen molar-refractivity contribution in [2.24, 2.45) is 0 Å². The van der Waals surface area contributed by atoms with Crippen LogP contribution in [0.2, 0.25) is 5.02 Å². The largest absolute Gasteiger partial charge is 0.207 e. The first-order chi connectivity index (χ1) is 4.20. The molecule has 9 heavy (non-hydrogen) atoms. The van der Waals surface area contributed by atoms with Gasteiger partial charge in [-0.3, -0.25) is 0 Å². The van der Waals surface area contributed by atoms with Gasteiger partial charge in [-0.05, 0) is 23.4 Å². The highest BCUT2D eigenvalue weighted by atomic mass is 35.5. The molecular formula is C6H6ClFSi. The second-order valence-electron chi connectivity index (χ2n) is 1.89. The van der Waals surface area contributed by atoms with E-state index in [2.05, 4.69) is 0 Å². The quantitative estimate of drug-likeness (QED) is 0.484. The van der Waals surface area contributed by atoms with Gasteiger partial charge in [0.05, 0.1) is 0 Å². The van der Waals surface area contributed by atoms with E-state index in [1.807, 2.05) is 0 Å². The third-order valence-corrected chi connectivity index (χ3v) is 2.12. The molecule has 0 bridgehead atoms. The van der Waals surface area contributed by atoms with Crippen LogP contribution < -0.4 is 5.19 Å². The van der Waals surface area contributed by atoms with Crippen molar-refractivity contribution >= 4 is 27.0 Å². The fraction of sp³-hybridized carbons (Fsp3) is 0. The van der Waals surface area contributed by atoms with Crippen molar-refractivity contribution < 1.29 is 4.39 Å². The molecule has 0 nitrogen and oxygen atoms in total. The summed E-state index contributed by atoms with van der Waals surface area (Å²) < 4.78 is 12.5. The summed E-state index contributed by atoms with van der Waals surface area (Å²) in [5.74, 6) is -0.147. The molecule has 0 aliphatic rings. The predicted molar refractivity (Wildman–Crippen MR) is 41.0 cm³/mol. The highest BCUT2D eigenvalue weighted by Gasteiger charge is 1.94. The maximum absolute atomic E-state index is 12.5. The first-order valence-electron chi connectivity index (χ1n) is 2.62. The van der Waals surface area contributed by atoms with Gasteiger partial charge in [-0.1, -0.05) is 11.6 Å². The average molecular weight is 161 g/mol. The van der Waals surface area contributed by atoms with Crippen LogP contribution in [-0.4, -0.2) is 10.2 Å². The van der Waals surface area contributed by atoms with Crippen molar-refractivity contribution in [1.82, 2.24) is 0 Å². The van der Waals surface area contributed by atoms with Crippen LogP contribution in [0.4, 0.5) is 4.39 Å². The topological polar surface area (TPSA) is 0 Å². The molecule has 0 aliphatic carbocycles. The lowest BCUT2D eigenvalue weighted by Gasteiger charge is -1.93. The zero-order chi connectivity index (χ0) is 6.85. The SMILES string of the molecule is Fc1ccc(Cl)cc1[SiH3]. The molecule has 48 valence electrons. The Morgan fingerprint density at radius 2 is 2.11 bits per heavy atom. The fourth-order valence-electron chi connectivity index (χ4n) is 0.608. The molecule has 0 heterocycles. The van der Waals surface area contributed by atoms with Crippen molar-refractivity contribution in [3.63, 3.8) is 0 Å². The Hall–Kier alpha value is -0.343. The predicted octanol–water partition coefficient (Wildman–Crippen LogP) is 0.470. The average Bonchev–Trinajstić information content (AvgIpc) is 1.80. The zero-order valence-corrected chi connectivity index (χ0v) is 7.74. The van der Waals surface area contributed by atoms with Crippen molar-refractivity contribution in [3.05, 3.63) is 29.0 Å². The van der Waals surface area contributed by atoms with Crippen molar-refractivity contribution in [2.75, 3.05) is 0 Å². The molecular weight excluding hydrogens is 155 g/mol. The second-order valence-corrected chi connectivity index (χ2v) is 3.41. The Kier molecular flexibility index (Phi) is 1.88. The van der Waals surface area contributed by atoms with Crippen LogP contribution in [0.5, 0.6) is 0 Å². The van der Waals surface area contributed by atoms with Gasteiger partial charge in [-0.2, -0.15) is 0 Å². The Morgan fingerprint density at radius 3 is 2.56 bits per heavy atom. The molecule has 0 spiro atoms. The maximum Gasteiger partial charge on any atom is 0.121 e. The third kappa shape index (κ3) is 1.53. The van der Waals surface area contributed by atoms with Crippen molar-refractivity contribution in [1.29, 1.82) is 0 Å². The molecule has 1 aromatic rings. The molecule has 0 fully saturated rings. The van der Waals surface area contributed by atoms with E-state index in [1.165, 1.54) is 6.07 Å². The summed E-state index contributed by atoms with van der Waals surface area (Å²) in [6.07, 6.45) is 0. The van der Waals surface area contributed by atoms with Crippen LogP contribution in [0.15, 0.2) is 18.2 Å². The third-order valence-electron chi connectivity index (χ3n) is 1.12. The smallest absolute Gasteiger partial charge is 0.121 e. The minimum Gasteiger partial charge on any atom is -0.207 e. The van der Waals surface area contributed by atoms with Gasteiger partial charge >= 0.3 is 0 Å². The highest BCUT2D eigenvalue weighted by molar-refractivity contribution is 6.36. The van der Waals surface area contributed by atoms with Gasteiger partial charge in [0.2, 0.25) is 0 Å². The molecule has 0 aromatic heterocycles. The van der Waals surface area contributed by atoms with Crippen LogP contribution in [-0.2, 0) is 0 Å². The summed E-state index contributed by atoms with van der Waals surface area (Å²) in [5, 5.41) is 1.34. The normalized spacial score (nSPS) is 10.0. The summed E-state index contributed by atoms with van der Waals surface area (Å²) >= 11 is 5.57. The van der Waals surface area contributed by atoms with Crippen molar-refractivity contribution in [3.8, 4) is 0 Å². The molecule has 0 saturated heterocycles. The van der Waals surface area contributed by atoms with E-state index in [4.69, 9.17) is 11.6 Å². The number of halogens is 2. The molecule has 1 rings (SSSR count). The molecule has 0 radical (unpaired) electrons. The lowest BCUT2D eigenvalue weighted by atomic mass is 10.3. The number of hydrogen-bond acceptors (Lipinski definition) is 0. The van der Waals surface area contributed by atoms with E-state index in [1.54, 1.807) is 12.1 Å². The van der Waals surface area contributed by atoms with E-state index in [0.717, 1.165) is 5.19 Å². The van der Waals surface area contributed by atoms with Gasteiger partial charge in [0, 0.05) is 15.3 Å². The van der Waals surface area contributed by atoms with Crippen LogP contribution in [0.1, 0.15) is 0 Å². The minimum absolute atomic E-state index is 0.147. The standard InChI is InChI=1S/C6H6ClFSi/c7-4-1-2-5(8)6(9)3-4/h1-3H,9H3. The van der Waals surface area contributed by atoms with E-state index in [0.29, 0.717) is 15.3 Å². The van der Waals surface area contributed by atoms with Gasteiger partial charge in [0.15, 0.2) is 0 Å². The van der Waals surface area contributed by atoms with Crippen LogP contribution in [0.25, 0.3) is 0 Å². The first-order valence-corrected chi connectivity index (χ1v) is 3.99. The molecule has 0 amide bonds. The van der Waals surface area contributed by atoms with Gasteiger partial charge in [0.25, 0.3) is 0 Å². The maximum atomic E-state index is 12.5. The van der Waals surface area contributed by atoms with Crippen LogP contribution in [0, 0.1) is 5.82 Å². The van der Waals surface area contributed by atoms with Crippen molar-refractivity contribution in [2.45, 2.75) is 0 Å². The Morgan fingerprint density at radius 1 is 1.44 bits per heavy atom. The summed E-state index contributed by atoms with van der Waals surface area (Å²) in [5.41, 5.74) is 0. The molecule has 0 aliphatic heterocycles. The molecule has 0 saturated carbocycles. The zero-order valence-electron chi connectivity index (χ0n) is 4.99. The van der Waals surface area contributed by atoms with E-state index in [9.17, 15) is 4.39 Å². The molecule has 0 unspecified atom stereocenters. The molecule has 0 atom stereocenters. The van der Waals surface area contributed by atoms with Gasteiger partial charge in [-0.15, -0.1) is 0 Å². The van der Waals surface area contributed by atoms with E-state index >= 15 is 0 Å². The fourth-order valence-corrected chi connectivity index (χ4v) is 1.50. The number of rotatable bonds is 0. The number of hydrogen-bond donors (Lipinski definition) is 0. The second kappa shape index (κ2) is 2.50. The monoisotopic (exact) mass is 160 g/mol. The van der Waals surface area contributed by atoms with Gasteiger partial charge in [-0.25, -0.2) is 4.39 Å². The van der Waals surface area contributed by atoms with E-state index < -0.39 is 0 Å². The Labute approximate surface area is 61.1 Å². The first kappa shape index (κ1) is 6.77. The van der Waals surface area contributed by atoms with Gasteiger partial charge in [0.1, 0.15) is 5.82 Å². The molecule has 1 aromatic carbocycles. The number of benzene rings is 1. The lowest BCUT2D eigenvalue weighted by Crippen LogP contribution is -2.06. The minimum atomic E-state index is -0.147. The summed E-state index contributed by atoms with van der Waals surface area (Å²) in [6.45, 7) is 0. The summed E-state index contributed by atoms with van der Waals surface area (Å²) in [7, 11) is 0.715. The van der Waals surface area contributed by atoms with Crippen LogP contribution in [0.3, 0.4) is 0 Å². The highest BCUT2D eigenvalue weighted by Crippen LogP contribution is 2.05. The summed E-state index contributed by atoms with van der Waals surface area (Å²) in [6, 6.07) is 4.60. The molecule has 3 heteroatoms. The molecule has 0 N–H and O–H groups in total. The van der Waals surface area contributed by atoms with Gasteiger partial charge < -0.3 is 0 Å². The lowest BCUT2D eigenvalue weighted by molar-refractivity contribution is 0.636.